The fourth-order valence-corrected chi connectivity index (χ4v) is 7.22. The molecular formula is C31H32N6O4S. The number of carboxylic acids is 1. The van der Waals surface area contributed by atoms with Crippen molar-refractivity contribution in [3.63, 3.8) is 0 Å². The Morgan fingerprint density at radius 1 is 1.26 bits per heavy atom. The molecule has 0 spiro atoms. The summed E-state index contributed by atoms with van der Waals surface area (Å²) in [6.45, 7) is 5.45. The molecule has 2 aliphatic rings. The van der Waals surface area contributed by atoms with E-state index in [-0.39, 0.29) is 24.1 Å². The summed E-state index contributed by atoms with van der Waals surface area (Å²) in [6.07, 6.45) is 4.05. The SMILES string of the molecule is Cc1c([C@H](CC(=O)O)c2cc(CN3C[C@@H](C4CC4)Oc4ccc(=O)[nH]c4C3C)c3sccc3c2)cnc2c1nnn2C. The molecule has 0 amide bonds. The summed E-state index contributed by atoms with van der Waals surface area (Å²) >= 11 is 1.69. The molecule has 42 heavy (non-hydrogen) atoms. The van der Waals surface area contributed by atoms with Gasteiger partial charge >= 0.3 is 5.97 Å². The summed E-state index contributed by atoms with van der Waals surface area (Å²) in [6, 6.07) is 9.61. The van der Waals surface area contributed by atoms with E-state index < -0.39 is 11.9 Å². The number of pyridine rings is 2. The molecule has 11 heteroatoms. The zero-order valence-corrected chi connectivity index (χ0v) is 24.5. The number of carbonyl (C=O) groups is 1. The Morgan fingerprint density at radius 2 is 2.10 bits per heavy atom. The number of aromatic amines is 1. The number of hydrogen-bond acceptors (Lipinski definition) is 8. The number of nitrogens with one attached hydrogen (secondary N) is 1. The Hall–Kier alpha value is -4.09. The van der Waals surface area contributed by atoms with Gasteiger partial charge in [-0.15, -0.1) is 16.4 Å². The molecule has 3 atom stereocenters. The number of aryl methyl sites for hydroxylation is 2. The zero-order chi connectivity index (χ0) is 29.1. The first-order valence-electron chi connectivity index (χ1n) is 14.3. The van der Waals surface area contributed by atoms with E-state index in [1.807, 2.05) is 6.92 Å². The molecule has 7 rings (SSSR count). The highest BCUT2D eigenvalue weighted by atomic mass is 32.1. The van der Waals surface area contributed by atoms with Gasteiger partial charge in [0, 0.05) is 43.0 Å². The number of ether oxygens (including phenoxy) is 1. The molecule has 216 valence electrons. The van der Waals surface area contributed by atoms with Crippen LogP contribution in [0.5, 0.6) is 5.75 Å². The summed E-state index contributed by atoms with van der Waals surface area (Å²) in [5.74, 6) is -0.0279. The Bertz CT molecular complexity index is 1890. The number of rotatable bonds is 7. The normalized spacial score (nSPS) is 19.9. The van der Waals surface area contributed by atoms with Gasteiger partial charge in [-0.3, -0.25) is 14.5 Å². The van der Waals surface area contributed by atoms with Crippen molar-refractivity contribution in [3.8, 4) is 5.75 Å². The Morgan fingerprint density at radius 3 is 2.88 bits per heavy atom. The van der Waals surface area contributed by atoms with Crippen molar-refractivity contribution >= 4 is 38.6 Å². The second-order valence-corrected chi connectivity index (χ2v) is 12.5. The van der Waals surface area contributed by atoms with Crippen molar-refractivity contribution in [2.75, 3.05) is 6.54 Å². The first-order valence-corrected chi connectivity index (χ1v) is 15.2. The number of nitrogens with zero attached hydrogens (tertiary/aromatic N) is 5. The zero-order valence-electron chi connectivity index (χ0n) is 23.7. The lowest BCUT2D eigenvalue weighted by atomic mass is 9.85. The number of thiophene rings is 1. The number of aliphatic carboxylic acids is 1. The van der Waals surface area contributed by atoms with Crippen molar-refractivity contribution in [1.29, 1.82) is 0 Å². The maximum absolute atomic E-state index is 12.3. The number of H-pyrrole nitrogens is 1. The molecular weight excluding hydrogens is 552 g/mol. The predicted octanol–water partition coefficient (Wildman–Crippen LogP) is 4.92. The molecule has 0 saturated heterocycles. The number of fused-ring (bicyclic) bond motifs is 3. The van der Waals surface area contributed by atoms with Crippen LogP contribution in [-0.2, 0) is 18.4 Å². The number of aromatic nitrogens is 5. The average Bonchev–Trinajstić information content (AvgIpc) is 3.61. The van der Waals surface area contributed by atoms with Gasteiger partial charge in [-0.25, -0.2) is 9.67 Å². The fourth-order valence-electron chi connectivity index (χ4n) is 6.33. The van der Waals surface area contributed by atoms with Crippen LogP contribution in [0, 0.1) is 12.8 Å². The molecule has 5 heterocycles. The first-order chi connectivity index (χ1) is 20.3. The molecule has 10 nitrogen and oxygen atoms in total. The third-order valence-corrected chi connectivity index (χ3v) is 9.81. The van der Waals surface area contributed by atoms with Gasteiger partial charge in [0.05, 0.1) is 18.2 Å². The molecule has 0 radical (unpaired) electrons. The molecule has 1 aliphatic heterocycles. The number of hydrogen-bond donors (Lipinski definition) is 2. The van der Waals surface area contributed by atoms with Crippen LogP contribution in [0.3, 0.4) is 0 Å². The maximum Gasteiger partial charge on any atom is 0.304 e. The van der Waals surface area contributed by atoms with E-state index in [0.717, 1.165) is 58.5 Å². The molecule has 5 aromatic rings. The summed E-state index contributed by atoms with van der Waals surface area (Å²) in [5, 5.41) is 21.6. The van der Waals surface area contributed by atoms with Gasteiger partial charge < -0.3 is 14.8 Å². The average molecular weight is 585 g/mol. The van der Waals surface area contributed by atoms with E-state index in [4.69, 9.17) is 4.74 Å². The van der Waals surface area contributed by atoms with E-state index in [0.29, 0.717) is 23.6 Å². The van der Waals surface area contributed by atoms with Crippen molar-refractivity contribution in [2.45, 2.75) is 57.7 Å². The van der Waals surface area contributed by atoms with Crippen molar-refractivity contribution in [3.05, 3.63) is 80.2 Å². The number of benzene rings is 1. The van der Waals surface area contributed by atoms with Crippen LogP contribution in [0.25, 0.3) is 21.3 Å². The van der Waals surface area contributed by atoms with Gasteiger partial charge in [-0.05, 0) is 83.8 Å². The molecule has 1 fully saturated rings. The van der Waals surface area contributed by atoms with Gasteiger partial charge in [-0.1, -0.05) is 11.3 Å². The molecule has 1 aliphatic carbocycles. The smallest absolute Gasteiger partial charge is 0.304 e. The molecule has 4 aromatic heterocycles. The summed E-state index contributed by atoms with van der Waals surface area (Å²) < 4.78 is 9.27. The lowest BCUT2D eigenvalue weighted by molar-refractivity contribution is -0.137. The minimum atomic E-state index is -0.878. The van der Waals surface area contributed by atoms with Crippen LogP contribution in [0.4, 0.5) is 0 Å². The van der Waals surface area contributed by atoms with Crippen LogP contribution in [-0.4, -0.2) is 53.6 Å². The van der Waals surface area contributed by atoms with Crippen LogP contribution < -0.4 is 10.3 Å². The second-order valence-electron chi connectivity index (χ2n) is 11.6. The fraction of sp³-hybridized carbons (Fsp3) is 0.387. The van der Waals surface area contributed by atoms with Crippen LogP contribution >= 0.6 is 11.3 Å². The number of carboxylic acid groups (broad SMARTS) is 1. The third kappa shape index (κ3) is 4.76. The van der Waals surface area contributed by atoms with Gasteiger partial charge in [0.1, 0.15) is 17.4 Å². The minimum absolute atomic E-state index is 0.0498. The molecule has 1 saturated carbocycles. The van der Waals surface area contributed by atoms with Crippen molar-refractivity contribution in [1.82, 2.24) is 29.9 Å². The van der Waals surface area contributed by atoms with E-state index in [2.05, 4.69) is 55.7 Å². The monoisotopic (exact) mass is 584 g/mol. The highest BCUT2D eigenvalue weighted by Gasteiger charge is 2.38. The van der Waals surface area contributed by atoms with E-state index in [1.54, 1.807) is 35.3 Å². The summed E-state index contributed by atoms with van der Waals surface area (Å²) in [5.41, 5.74) is 5.78. The largest absolute Gasteiger partial charge is 0.487 e. The lowest BCUT2D eigenvalue weighted by Gasteiger charge is -2.29. The third-order valence-electron chi connectivity index (χ3n) is 8.81. The quantitative estimate of drug-likeness (QED) is 0.276. The highest BCUT2D eigenvalue weighted by molar-refractivity contribution is 7.17. The predicted molar refractivity (Wildman–Crippen MR) is 160 cm³/mol. The highest BCUT2D eigenvalue weighted by Crippen LogP contribution is 2.42. The topological polar surface area (TPSA) is 126 Å². The molecule has 1 unspecified atom stereocenters. The van der Waals surface area contributed by atoms with Gasteiger partial charge in [0.15, 0.2) is 5.65 Å². The van der Waals surface area contributed by atoms with E-state index >= 15 is 0 Å². The standard InChI is InChI=1S/C31H32N6O4S/c1-16-23(13-32-31-28(16)34-35-36(31)3)22(12-27(39)40)20-10-19-8-9-42-30(19)21(11-20)14-37-15-25(18-4-5-18)41-24-6-7-26(38)33-29(24)17(37)2/h6-11,13,17-18,22,25H,4-5,12,14-15H2,1-3H3,(H,33,38)(H,39,40)/t17?,22-,25+/m1/s1. The van der Waals surface area contributed by atoms with Gasteiger partial charge in [-0.2, -0.15) is 0 Å². The first kappa shape index (κ1) is 26.8. The molecule has 0 bridgehead atoms. The van der Waals surface area contributed by atoms with E-state index in [9.17, 15) is 14.7 Å². The molecule has 1 aromatic carbocycles. The van der Waals surface area contributed by atoms with Crippen LogP contribution in [0.2, 0.25) is 0 Å². The van der Waals surface area contributed by atoms with Crippen molar-refractivity contribution < 1.29 is 14.6 Å². The minimum Gasteiger partial charge on any atom is -0.487 e. The van der Waals surface area contributed by atoms with E-state index in [1.165, 1.54) is 10.8 Å². The Labute approximate surface area is 246 Å². The maximum atomic E-state index is 12.3. The molecule has 2 N–H and O–H groups in total. The van der Waals surface area contributed by atoms with Crippen LogP contribution in [0.1, 0.15) is 66.1 Å². The van der Waals surface area contributed by atoms with Crippen molar-refractivity contribution in [2.24, 2.45) is 13.0 Å². The Kier molecular flexibility index (Phi) is 6.58. The summed E-state index contributed by atoms with van der Waals surface area (Å²) in [4.78, 5) is 34.5. The Balaban J connectivity index is 1.31. The summed E-state index contributed by atoms with van der Waals surface area (Å²) in [7, 11) is 1.80. The second kappa shape index (κ2) is 10.3. The lowest BCUT2D eigenvalue weighted by Crippen LogP contribution is -2.35. The van der Waals surface area contributed by atoms with Crippen LogP contribution in [0.15, 0.2) is 46.7 Å². The van der Waals surface area contributed by atoms with Gasteiger partial charge in [0.2, 0.25) is 5.56 Å². The van der Waals surface area contributed by atoms with Gasteiger partial charge in [0.25, 0.3) is 0 Å².